The summed E-state index contributed by atoms with van der Waals surface area (Å²) in [5.41, 5.74) is 3.75. The number of hydrogen-bond acceptors (Lipinski definition) is 5. The predicted octanol–water partition coefficient (Wildman–Crippen LogP) is 3.09. The Labute approximate surface area is 155 Å². The quantitative estimate of drug-likeness (QED) is 0.852. The standard InChI is InChI=1S/C21H27N5/c1-2-13-25(12-1)17-5-4-14-26(15-17)21-18-6-3-7-19(18)23-20(24-21)16-8-10-22-11-9-16/h8-11,17H,1-7,12-15H2/t17-/m1/s1. The molecular formula is C21H27N5. The van der Waals surface area contributed by atoms with Gasteiger partial charge in [-0.3, -0.25) is 9.88 Å². The van der Waals surface area contributed by atoms with Crippen molar-refractivity contribution in [1.29, 1.82) is 0 Å². The maximum absolute atomic E-state index is 5.07. The molecule has 3 aliphatic rings. The number of rotatable bonds is 3. The van der Waals surface area contributed by atoms with E-state index in [1.807, 2.05) is 24.5 Å². The number of likely N-dealkylation sites (tertiary alicyclic amines) is 1. The summed E-state index contributed by atoms with van der Waals surface area (Å²) >= 11 is 0. The minimum absolute atomic E-state index is 0.697. The first-order chi connectivity index (χ1) is 12.9. The Morgan fingerprint density at radius 1 is 0.885 bits per heavy atom. The Hall–Kier alpha value is -2.01. The average Bonchev–Trinajstić information content (AvgIpc) is 3.40. The molecule has 5 rings (SSSR count). The summed E-state index contributed by atoms with van der Waals surface area (Å²) in [5.74, 6) is 2.08. The van der Waals surface area contributed by atoms with Crippen LogP contribution in [0.15, 0.2) is 24.5 Å². The monoisotopic (exact) mass is 349 g/mol. The molecule has 0 saturated carbocycles. The molecule has 0 radical (unpaired) electrons. The van der Waals surface area contributed by atoms with Gasteiger partial charge in [-0.25, -0.2) is 9.97 Å². The molecule has 5 nitrogen and oxygen atoms in total. The van der Waals surface area contributed by atoms with Crippen LogP contribution in [0.25, 0.3) is 11.4 Å². The van der Waals surface area contributed by atoms with Crippen LogP contribution >= 0.6 is 0 Å². The van der Waals surface area contributed by atoms with Gasteiger partial charge in [0.2, 0.25) is 0 Å². The largest absolute Gasteiger partial charge is 0.355 e. The first kappa shape index (κ1) is 16.2. The van der Waals surface area contributed by atoms with Crippen molar-refractivity contribution in [2.24, 2.45) is 0 Å². The molecule has 136 valence electrons. The summed E-state index contributed by atoms with van der Waals surface area (Å²) in [7, 11) is 0. The van der Waals surface area contributed by atoms with E-state index in [9.17, 15) is 0 Å². The molecule has 1 aliphatic carbocycles. The van der Waals surface area contributed by atoms with Crippen LogP contribution in [0.4, 0.5) is 5.82 Å². The zero-order chi connectivity index (χ0) is 17.3. The molecule has 0 amide bonds. The second kappa shape index (κ2) is 6.95. The van der Waals surface area contributed by atoms with Gasteiger partial charge in [-0.15, -0.1) is 0 Å². The van der Waals surface area contributed by atoms with E-state index >= 15 is 0 Å². The number of nitrogens with zero attached hydrogens (tertiary/aromatic N) is 5. The van der Waals surface area contributed by atoms with Crippen molar-refractivity contribution in [3.05, 3.63) is 35.8 Å². The molecule has 2 aliphatic heterocycles. The molecule has 0 bridgehead atoms. The van der Waals surface area contributed by atoms with E-state index in [1.54, 1.807) is 0 Å². The molecule has 2 saturated heterocycles. The van der Waals surface area contributed by atoms with Crippen LogP contribution in [0.3, 0.4) is 0 Å². The summed E-state index contributed by atoms with van der Waals surface area (Å²) in [4.78, 5) is 19.4. The van der Waals surface area contributed by atoms with Gasteiger partial charge in [-0.05, 0) is 70.2 Å². The fourth-order valence-corrected chi connectivity index (χ4v) is 4.86. The first-order valence-electron chi connectivity index (χ1n) is 10.2. The van der Waals surface area contributed by atoms with Crippen LogP contribution in [0.1, 0.15) is 43.4 Å². The number of aryl methyl sites for hydroxylation is 1. The average molecular weight is 349 g/mol. The minimum Gasteiger partial charge on any atom is -0.355 e. The third-order valence-electron chi connectivity index (χ3n) is 6.20. The van der Waals surface area contributed by atoms with Crippen molar-refractivity contribution >= 4 is 5.82 Å². The topological polar surface area (TPSA) is 45.2 Å². The summed E-state index contributed by atoms with van der Waals surface area (Å²) < 4.78 is 0. The highest BCUT2D eigenvalue weighted by molar-refractivity contribution is 5.61. The van der Waals surface area contributed by atoms with Gasteiger partial charge < -0.3 is 4.90 Å². The van der Waals surface area contributed by atoms with Gasteiger partial charge in [0.25, 0.3) is 0 Å². The molecule has 1 atom stereocenters. The smallest absolute Gasteiger partial charge is 0.161 e. The molecule has 0 aromatic carbocycles. The van der Waals surface area contributed by atoms with Gasteiger partial charge in [-0.2, -0.15) is 0 Å². The Balaban J connectivity index is 1.48. The predicted molar refractivity (Wildman–Crippen MR) is 103 cm³/mol. The molecule has 2 aromatic heterocycles. The Morgan fingerprint density at radius 3 is 2.58 bits per heavy atom. The highest BCUT2D eigenvalue weighted by Gasteiger charge is 2.30. The molecule has 0 N–H and O–H groups in total. The zero-order valence-electron chi connectivity index (χ0n) is 15.4. The lowest BCUT2D eigenvalue weighted by molar-refractivity contribution is 0.215. The normalized spacial score (nSPS) is 23.4. The maximum atomic E-state index is 5.07. The van der Waals surface area contributed by atoms with Gasteiger partial charge in [0.1, 0.15) is 5.82 Å². The fraction of sp³-hybridized carbons (Fsp3) is 0.571. The van der Waals surface area contributed by atoms with Crippen molar-refractivity contribution in [2.75, 3.05) is 31.1 Å². The SMILES string of the molecule is c1cc(-c2nc3c(c(N4CCC[C@@H](N5CCCC5)C4)n2)CCC3)ccn1. The molecule has 0 spiro atoms. The maximum Gasteiger partial charge on any atom is 0.161 e. The first-order valence-corrected chi connectivity index (χ1v) is 10.2. The van der Waals surface area contributed by atoms with E-state index < -0.39 is 0 Å². The number of piperidine rings is 1. The molecule has 26 heavy (non-hydrogen) atoms. The number of anilines is 1. The van der Waals surface area contributed by atoms with Crippen molar-refractivity contribution in [1.82, 2.24) is 19.9 Å². The second-order valence-electron chi connectivity index (χ2n) is 7.87. The Kier molecular flexibility index (Phi) is 4.33. The lowest BCUT2D eigenvalue weighted by atomic mass is 10.0. The highest BCUT2D eigenvalue weighted by Crippen LogP contribution is 2.33. The van der Waals surface area contributed by atoms with Gasteiger partial charge in [-0.1, -0.05) is 0 Å². The molecule has 2 aromatic rings. The summed E-state index contributed by atoms with van der Waals surface area (Å²) in [5, 5.41) is 0. The van der Waals surface area contributed by atoms with E-state index in [0.29, 0.717) is 6.04 Å². The van der Waals surface area contributed by atoms with Crippen molar-refractivity contribution in [3.8, 4) is 11.4 Å². The van der Waals surface area contributed by atoms with E-state index in [-0.39, 0.29) is 0 Å². The summed E-state index contributed by atoms with van der Waals surface area (Å²) in [6.45, 7) is 4.81. The molecular weight excluding hydrogens is 322 g/mol. The summed E-state index contributed by atoms with van der Waals surface area (Å²) in [6, 6.07) is 4.73. The Morgan fingerprint density at radius 2 is 1.73 bits per heavy atom. The fourth-order valence-electron chi connectivity index (χ4n) is 4.86. The van der Waals surface area contributed by atoms with Gasteiger partial charge >= 0.3 is 0 Å². The molecule has 5 heteroatoms. The van der Waals surface area contributed by atoms with Crippen LogP contribution in [0.5, 0.6) is 0 Å². The lowest BCUT2D eigenvalue weighted by Gasteiger charge is -2.39. The van der Waals surface area contributed by atoms with E-state index in [0.717, 1.165) is 37.3 Å². The van der Waals surface area contributed by atoms with Crippen molar-refractivity contribution in [2.45, 2.75) is 51.0 Å². The number of pyridine rings is 1. The number of fused-ring (bicyclic) bond motifs is 1. The summed E-state index contributed by atoms with van der Waals surface area (Å²) in [6.07, 6.45) is 12.4. The van der Waals surface area contributed by atoms with Crippen molar-refractivity contribution in [3.63, 3.8) is 0 Å². The van der Waals surface area contributed by atoms with E-state index in [1.165, 1.54) is 62.3 Å². The van der Waals surface area contributed by atoms with Gasteiger partial charge in [0.05, 0.1) is 0 Å². The lowest BCUT2D eigenvalue weighted by Crippen LogP contribution is -2.47. The highest BCUT2D eigenvalue weighted by atomic mass is 15.3. The third kappa shape index (κ3) is 2.98. The number of hydrogen-bond donors (Lipinski definition) is 0. The van der Waals surface area contributed by atoms with Crippen molar-refractivity contribution < 1.29 is 0 Å². The van der Waals surface area contributed by atoms with E-state index in [4.69, 9.17) is 9.97 Å². The molecule has 4 heterocycles. The zero-order valence-corrected chi connectivity index (χ0v) is 15.4. The Bertz CT molecular complexity index is 769. The van der Waals surface area contributed by atoms with Gasteiger partial charge in [0.15, 0.2) is 5.82 Å². The number of aromatic nitrogens is 3. The van der Waals surface area contributed by atoms with Gasteiger partial charge in [0, 0.05) is 48.3 Å². The van der Waals surface area contributed by atoms with Crippen LogP contribution in [0, 0.1) is 0 Å². The minimum atomic E-state index is 0.697. The molecule has 2 fully saturated rings. The van der Waals surface area contributed by atoms with Crippen LogP contribution in [-0.2, 0) is 12.8 Å². The van der Waals surface area contributed by atoms with E-state index in [2.05, 4.69) is 14.8 Å². The van der Waals surface area contributed by atoms with Crippen LogP contribution in [0.2, 0.25) is 0 Å². The third-order valence-corrected chi connectivity index (χ3v) is 6.20. The molecule has 0 unspecified atom stereocenters. The van der Waals surface area contributed by atoms with Crippen LogP contribution in [-0.4, -0.2) is 52.1 Å². The van der Waals surface area contributed by atoms with Crippen LogP contribution < -0.4 is 4.90 Å². The second-order valence-corrected chi connectivity index (χ2v) is 7.87.